The number of hydrogen-bond acceptors (Lipinski definition) is 5. The molecule has 5 heterocycles. The van der Waals surface area contributed by atoms with Crippen molar-refractivity contribution in [2.75, 3.05) is 46.3 Å². The highest BCUT2D eigenvalue weighted by Crippen LogP contribution is 2.44. The first kappa shape index (κ1) is 34.2. The first-order valence-corrected chi connectivity index (χ1v) is 18.6. The molecule has 1 saturated carbocycles. The summed E-state index contributed by atoms with van der Waals surface area (Å²) in [5, 5.41) is 1.19. The number of aromatic nitrogens is 2. The summed E-state index contributed by atoms with van der Waals surface area (Å²) < 4.78 is 16.6. The van der Waals surface area contributed by atoms with Crippen LogP contribution in [-0.2, 0) is 11.2 Å². The van der Waals surface area contributed by atoms with Crippen molar-refractivity contribution in [1.29, 1.82) is 0 Å². The molecule has 4 atom stereocenters. The molecule has 0 radical (unpaired) electrons. The number of pyridine rings is 1. The molecule has 0 bridgehead atoms. The summed E-state index contributed by atoms with van der Waals surface area (Å²) in [6, 6.07) is 5.85. The lowest BCUT2D eigenvalue weighted by molar-refractivity contribution is -0.128. The molecule has 3 aromatic rings. The SMILES string of the molecule is CC(=O)N1C[C@@H]2CN([C@H]3C[C@@H](C(C(C)C)N4CC[C@H](Cc5cn(-c6ccc(F)cc6C(=O)N(C)C(C)C)c6cncc(C)c56)C4)C3)C[C@H]2C1. The van der Waals surface area contributed by atoms with E-state index in [1.54, 1.807) is 24.9 Å². The lowest BCUT2D eigenvalue weighted by Crippen LogP contribution is -2.53. The zero-order valence-corrected chi connectivity index (χ0v) is 30.5. The highest BCUT2D eigenvalue weighted by Gasteiger charge is 2.48. The number of aryl methyl sites for hydroxylation is 1. The fourth-order valence-electron chi connectivity index (χ4n) is 9.78. The minimum atomic E-state index is -0.414. The van der Waals surface area contributed by atoms with Gasteiger partial charge in [0.2, 0.25) is 5.91 Å². The smallest absolute Gasteiger partial charge is 0.256 e. The second-order valence-corrected chi connectivity index (χ2v) is 16.4. The molecule has 7 rings (SSSR count). The molecule has 264 valence electrons. The molecule has 4 aliphatic rings. The summed E-state index contributed by atoms with van der Waals surface area (Å²) in [4.78, 5) is 39.2. The van der Waals surface area contributed by atoms with E-state index in [1.807, 2.05) is 26.2 Å². The van der Waals surface area contributed by atoms with Crippen LogP contribution in [0.15, 0.2) is 36.8 Å². The van der Waals surface area contributed by atoms with Crippen molar-refractivity contribution in [3.8, 4) is 5.69 Å². The van der Waals surface area contributed by atoms with Crippen molar-refractivity contribution in [1.82, 2.24) is 29.2 Å². The predicted octanol–water partition coefficient (Wildman–Crippen LogP) is 6.03. The third-order valence-electron chi connectivity index (χ3n) is 12.6. The molecule has 1 aliphatic carbocycles. The molecule has 2 aromatic heterocycles. The quantitative estimate of drug-likeness (QED) is 0.278. The van der Waals surface area contributed by atoms with E-state index in [1.165, 1.54) is 42.3 Å². The molecule has 3 saturated heterocycles. The van der Waals surface area contributed by atoms with Gasteiger partial charge in [0.1, 0.15) is 5.82 Å². The summed E-state index contributed by atoms with van der Waals surface area (Å²) in [5.74, 6) is 2.84. The van der Waals surface area contributed by atoms with Crippen molar-refractivity contribution in [3.05, 3.63) is 59.3 Å². The van der Waals surface area contributed by atoms with Gasteiger partial charge in [0.25, 0.3) is 5.91 Å². The summed E-state index contributed by atoms with van der Waals surface area (Å²) in [6.45, 7) is 19.0. The number of nitrogens with zero attached hydrogens (tertiary/aromatic N) is 6. The summed E-state index contributed by atoms with van der Waals surface area (Å²) in [5.41, 5.74) is 4.40. The first-order valence-electron chi connectivity index (χ1n) is 18.6. The van der Waals surface area contributed by atoms with Gasteiger partial charge in [-0.15, -0.1) is 0 Å². The topological polar surface area (TPSA) is 64.9 Å². The van der Waals surface area contributed by atoms with Gasteiger partial charge < -0.3 is 14.4 Å². The van der Waals surface area contributed by atoms with Crippen LogP contribution in [0.1, 0.15) is 75.4 Å². The second kappa shape index (κ2) is 13.4. The Kier molecular flexibility index (Phi) is 9.37. The zero-order valence-electron chi connectivity index (χ0n) is 30.5. The maximum absolute atomic E-state index is 14.6. The number of amides is 2. The number of carbonyl (C=O) groups excluding carboxylic acids is 2. The van der Waals surface area contributed by atoms with E-state index in [0.717, 1.165) is 62.7 Å². The monoisotopic (exact) mass is 670 g/mol. The summed E-state index contributed by atoms with van der Waals surface area (Å²) in [7, 11) is 1.77. The third kappa shape index (κ3) is 6.42. The summed E-state index contributed by atoms with van der Waals surface area (Å²) in [6.07, 6.45) is 10.7. The molecule has 3 aliphatic heterocycles. The standard InChI is InChI=1S/C40H55FN6O2/c1-24(2)39(29-13-34(14-29)46-21-31-19-45(27(6)48)20-32(31)22-46)44-11-10-28(18-44)12-30-23-47(37-17-42-16-26(5)38(30)37)36-9-8-33(41)15-35(36)40(49)43(7)25(3)4/h8-9,15-17,23-25,28-29,31-32,34,39H,10-14,18-22H2,1-7H3/t28-,29-,31-,32-,34+,39?/m1/s1. The van der Waals surface area contributed by atoms with Gasteiger partial charge in [-0.2, -0.15) is 0 Å². The Bertz CT molecular complexity index is 1700. The molecule has 9 heteroatoms. The normalized spacial score (nSPS) is 26.6. The van der Waals surface area contributed by atoms with Gasteiger partial charge in [-0.05, 0) is 112 Å². The predicted molar refractivity (Wildman–Crippen MR) is 192 cm³/mol. The third-order valence-corrected chi connectivity index (χ3v) is 12.6. The molecule has 0 N–H and O–H groups in total. The van der Waals surface area contributed by atoms with Crippen molar-refractivity contribution >= 4 is 22.7 Å². The van der Waals surface area contributed by atoms with Crippen LogP contribution in [0, 0.1) is 42.3 Å². The van der Waals surface area contributed by atoms with Crippen LogP contribution < -0.4 is 0 Å². The fourth-order valence-corrected chi connectivity index (χ4v) is 9.78. The van der Waals surface area contributed by atoms with Crippen LogP contribution in [0.3, 0.4) is 0 Å². The highest BCUT2D eigenvalue weighted by atomic mass is 19.1. The van der Waals surface area contributed by atoms with Crippen molar-refractivity contribution < 1.29 is 14.0 Å². The minimum absolute atomic E-state index is 0.00435. The van der Waals surface area contributed by atoms with Gasteiger partial charge in [-0.1, -0.05) is 13.8 Å². The van der Waals surface area contributed by atoms with E-state index in [0.29, 0.717) is 47.0 Å². The van der Waals surface area contributed by atoms with E-state index in [9.17, 15) is 14.0 Å². The molecular weight excluding hydrogens is 615 g/mol. The number of benzene rings is 1. The molecule has 0 spiro atoms. The molecule has 8 nitrogen and oxygen atoms in total. The average Bonchev–Trinajstić information content (AvgIpc) is 3.81. The second-order valence-electron chi connectivity index (χ2n) is 16.4. The van der Waals surface area contributed by atoms with Gasteiger partial charge in [-0.25, -0.2) is 4.39 Å². The maximum Gasteiger partial charge on any atom is 0.256 e. The van der Waals surface area contributed by atoms with Gasteiger partial charge in [-0.3, -0.25) is 24.4 Å². The molecular formula is C40H55FN6O2. The Hall–Kier alpha value is -3.30. The Morgan fingerprint density at radius 2 is 1.73 bits per heavy atom. The van der Waals surface area contributed by atoms with Crippen LogP contribution in [0.5, 0.6) is 0 Å². The van der Waals surface area contributed by atoms with E-state index >= 15 is 0 Å². The summed E-state index contributed by atoms with van der Waals surface area (Å²) >= 11 is 0. The van der Waals surface area contributed by atoms with E-state index < -0.39 is 5.82 Å². The Morgan fingerprint density at radius 1 is 1.02 bits per heavy atom. The minimum Gasteiger partial charge on any atom is -0.342 e. The average molecular weight is 671 g/mol. The van der Waals surface area contributed by atoms with E-state index in [2.05, 4.69) is 51.2 Å². The van der Waals surface area contributed by atoms with Crippen molar-refractivity contribution in [3.63, 3.8) is 0 Å². The molecule has 4 fully saturated rings. The Balaban J connectivity index is 1.05. The maximum atomic E-state index is 14.6. The van der Waals surface area contributed by atoms with Crippen molar-refractivity contribution in [2.45, 2.75) is 85.4 Å². The lowest BCUT2D eigenvalue weighted by Gasteiger charge is -2.49. The Labute approximate surface area is 291 Å². The highest BCUT2D eigenvalue weighted by molar-refractivity contribution is 5.99. The molecule has 1 aromatic carbocycles. The number of fused-ring (bicyclic) bond motifs is 2. The number of rotatable bonds is 9. The zero-order chi connectivity index (χ0) is 34.7. The van der Waals surface area contributed by atoms with E-state index in [4.69, 9.17) is 0 Å². The van der Waals surface area contributed by atoms with Crippen LogP contribution in [0.4, 0.5) is 4.39 Å². The van der Waals surface area contributed by atoms with Crippen LogP contribution >= 0.6 is 0 Å². The number of hydrogen-bond donors (Lipinski definition) is 0. The Morgan fingerprint density at radius 3 is 2.39 bits per heavy atom. The van der Waals surface area contributed by atoms with Crippen LogP contribution in [0.2, 0.25) is 0 Å². The molecule has 1 unspecified atom stereocenters. The fraction of sp³-hybridized carbons (Fsp3) is 0.625. The molecule has 49 heavy (non-hydrogen) atoms. The number of carbonyl (C=O) groups is 2. The van der Waals surface area contributed by atoms with Gasteiger partial charge in [0.05, 0.1) is 23.0 Å². The van der Waals surface area contributed by atoms with Crippen LogP contribution in [0.25, 0.3) is 16.6 Å². The molecule has 2 amide bonds. The number of likely N-dealkylation sites (tertiary alicyclic amines) is 3. The van der Waals surface area contributed by atoms with Crippen molar-refractivity contribution in [2.24, 2.45) is 29.6 Å². The van der Waals surface area contributed by atoms with Crippen LogP contribution in [-0.4, -0.2) is 105 Å². The van der Waals surface area contributed by atoms with Gasteiger partial charge >= 0.3 is 0 Å². The van der Waals surface area contributed by atoms with E-state index in [-0.39, 0.29) is 17.9 Å². The lowest BCUT2D eigenvalue weighted by atomic mass is 9.71. The number of halogens is 1. The largest absolute Gasteiger partial charge is 0.342 e. The van der Waals surface area contributed by atoms with Gasteiger partial charge in [0, 0.05) is 82.6 Å². The first-order chi connectivity index (χ1) is 23.4. The van der Waals surface area contributed by atoms with Gasteiger partial charge in [0.15, 0.2) is 0 Å².